The summed E-state index contributed by atoms with van der Waals surface area (Å²) in [5.41, 5.74) is 0.516. The van der Waals surface area contributed by atoms with Crippen molar-refractivity contribution in [3.63, 3.8) is 0 Å². The molecule has 1 saturated carbocycles. The van der Waals surface area contributed by atoms with Crippen LogP contribution in [0.5, 0.6) is 0 Å². The molecule has 16 heavy (non-hydrogen) atoms. The van der Waals surface area contributed by atoms with Crippen LogP contribution in [0, 0.1) is 0 Å². The van der Waals surface area contributed by atoms with Gasteiger partial charge in [0.1, 0.15) is 6.04 Å². The van der Waals surface area contributed by atoms with Crippen LogP contribution in [-0.2, 0) is 4.79 Å². The maximum atomic E-state index is 11.2. The van der Waals surface area contributed by atoms with Crippen molar-refractivity contribution < 1.29 is 9.90 Å². The molecule has 0 spiro atoms. The first kappa shape index (κ1) is 12.0. The third-order valence-corrected chi connectivity index (χ3v) is 3.41. The van der Waals surface area contributed by atoms with Gasteiger partial charge in [-0.15, -0.1) is 0 Å². The average Bonchev–Trinajstić information content (AvgIpc) is 2.98. The van der Waals surface area contributed by atoms with Gasteiger partial charge in [-0.1, -0.05) is 0 Å². The van der Waals surface area contributed by atoms with Crippen molar-refractivity contribution in [2.45, 2.75) is 24.9 Å². The third-order valence-electron chi connectivity index (χ3n) is 2.34. The Hall–Kier alpha value is -0.460. The molecule has 1 atom stereocenters. The number of carboxylic acids is 1. The Morgan fingerprint density at radius 3 is 2.75 bits per heavy atom. The molecule has 1 aliphatic rings. The zero-order chi connectivity index (χ0) is 11.7. The number of aromatic nitrogens is 1. The fourth-order valence-electron chi connectivity index (χ4n) is 1.39. The number of hydrogen-bond acceptors (Lipinski definition) is 3. The van der Waals surface area contributed by atoms with Crippen LogP contribution in [0.4, 0.5) is 0 Å². The van der Waals surface area contributed by atoms with Crippen LogP contribution in [0.1, 0.15) is 24.6 Å². The topological polar surface area (TPSA) is 62.2 Å². The standard InChI is InChI=1S/C10H10Br2N2O2/c11-5-3-7(12)8(13-4-5)9(10(15)16)14-6-1-2-6/h3-4,6,9,14H,1-2H2,(H,15,16). The Labute approximate surface area is 110 Å². The van der Waals surface area contributed by atoms with Crippen LogP contribution in [0.15, 0.2) is 21.2 Å². The molecule has 0 radical (unpaired) electrons. The van der Waals surface area contributed by atoms with Crippen LogP contribution in [0.2, 0.25) is 0 Å². The molecule has 0 amide bonds. The predicted octanol–water partition coefficient (Wildman–Crippen LogP) is 2.48. The minimum Gasteiger partial charge on any atom is -0.480 e. The van der Waals surface area contributed by atoms with Crippen LogP contribution in [0.25, 0.3) is 0 Å². The summed E-state index contributed by atoms with van der Waals surface area (Å²) in [6.45, 7) is 0. The second-order valence-corrected chi connectivity index (χ2v) is 5.50. The minimum atomic E-state index is -0.901. The van der Waals surface area contributed by atoms with Crippen LogP contribution >= 0.6 is 31.9 Å². The summed E-state index contributed by atoms with van der Waals surface area (Å²) in [7, 11) is 0. The first-order valence-corrected chi connectivity index (χ1v) is 6.46. The predicted molar refractivity (Wildman–Crippen MR) is 66.2 cm³/mol. The van der Waals surface area contributed by atoms with Crippen molar-refractivity contribution in [2.75, 3.05) is 0 Å². The molecule has 0 aromatic carbocycles. The molecule has 1 fully saturated rings. The monoisotopic (exact) mass is 348 g/mol. The van der Waals surface area contributed by atoms with Gasteiger partial charge in [0.25, 0.3) is 0 Å². The number of carbonyl (C=O) groups is 1. The Morgan fingerprint density at radius 1 is 1.56 bits per heavy atom. The number of pyridine rings is 1. The van der Waals surface area contributed by atoms with E-state index >= 15 is 0 Å². The first-order valence-electron chi connectivity index (χ1n) is 4.87. The smallest absolute Gasteiger partial charge is 0.327 e. The molecule has 0 saturated heterocycles. The van der Waals surface area contributed by atoms with E-state index in [1.807, 2.05) is 0 Å². The Bertz CT molecular complexity index is 421. The van der Waals surface area contributed by atoms with Crippen molar-refractivity contribution >= 4 is 37.8 Å². The van der Waals surface area contributed by atoms with Gasteiger partial charge in [0, 0.05) is 21.2 Å². The molecular weight excluding hydrogens is 340 g/mol. The van der Waals surface area contributed by atoms with Gasteiger partial charge in [-0.3, -0.25) is 15.1 Å². The summed E-state index contributed by atoms with van der Waals surface area (Å²) >= 11 is 6.62. The second-order valence-electron chi connectivity index (χ2n) is 3.73. The van der Waals surface area contributed by atoms with Crippen molar-refractivity contribution in [2.24, 2.45) is 0 Å². The molecule has 1 aliphatic carbocycles. The summed E-state index contributed by atoms with van der Waals surface area (Å²) in [5, 5.41) is 12.2. The molecule has 1 unspecified atom stereocenters. The van der Waals surface area contributed by atoms with Crippen molar-refractivity contribution in [3.8, 4) is 0 Å². The molecule has 0 aliphatic heterocycles. The molecular formula is C10H10Br2N2O2. The van der Waals surface area contributed by atoms with Gasteiger partial charge in [0.2, 0.25) is 0 Å². The fourth-order valence-corrected chi connectivity index (χ4v) is 2.61. The van der Waals surface area contributed by atoms with E-state index in [0.29, 0.717) is 16.2 Å². The van der Waals surface area contributed by atoms with E-state index in [4.69, 9.17) is 5.11 Å². The zero-order valence-corrected chi connectivity index (χ0v) is 11.5. The number of carboxylic acid groups (broad SMARTS) is 1. The molecule has 1 aromatic heterocycles. The Kier molecular flexibility index (Phi) is 3.61. The molecule has 1 aromatic rings. The molecule has 0 bridgehead atoms. The lowest BCUT2D eigenvalue weighted by atomic mass is 10.2. The van der Waals surface area contributed by atoms with E-state index in [-0.39, 0.29) is 0 Å². The average molecular weight is 350 g/mol. The van der Waals surface area contributed by atoms with Crippen LogP contribution in [-0.4, -0.2) is 22.1 Å². The number of nitrogens with zero attached hydrogens (tertiary/aromatic N) is 1. The lowest BCUT2D eigenvalue weighted by molar-refractivity contribution is -0.139. The van der Waals surface area contributed by atoms with Gasteiger partial charge in [0.15, 0.2) is 0 Å². The maximum absolute atomic E-state index is 11.2. The molecule has 1 heterocycles. The first-order chi connectivity index (χ1) is 7.58. The highest BCUT2D eigenvalue weighted by Crippen LogP contribution is 2.28. The Balaban J connectivity index is 2.26. The van der Waals surface area contributed by atoms with E-state index < -0.39 is 12.0 Å². The van der Waals surface area contributed by atoms with E-state index in [0.717, 1.165) is 17.3 Å². The highest BCUT2D eigenvalue weighted by Gasteiger charge is 2.31. The highest BCUT2D eigenvalue weighted by molar-refractivity contribution is 9.11. The summed E-state index contributed by atoms with van der Waals surface area (Å²) in [4.78, 5) is 15.3. The summed E-state index contributed by atoms with van der Waals surface area (Å²) in [5.74, 6) is -0.901. The lowest BCUT2D eigenvalue weighted by Gasteiger charge is -2.14. The second kappa shape index (κ2) is 4.81. The van der Waals surface area contributed by atoms with Crippen molar-refractivity contribution in [1.82, 2.24) is 10.3 Å². The fraction of sp³-hybridized carbons (Fsp3) is 0.400. The third kappa shape index (κ3) is 2.81. The van der Waals surface area contributed by atoms with E-state index in [9.17, 15) is 4.79 Å². The number of halogens is 2. The normalized spacial score (nSPS) is 17.1. The summed E-state index contributed by atoms with van der Waals surface area (Å²) in [6.07, 6.45) is 3.68. The number of rotatable bonds is 4. The van der Waals surface area contributed by atoms with Gasteiger partial charge < -0.3 is 5.11 Å². The van der Waals surface area contributed by atoms with Crippen molar-refractivity contribution in [1.29, 1.82) is 0 Å². The van der Waals surface area contributed by atoms with Gasteiger partial charge in [-0.05, 0) is 50.8 Å². The molecule has 4 nitrogen and oxygen atoms in total. The molecule has 2 N–H and O–H groups in total. The molecule has 86 valence electrons. The van der Waals surface area contributed by atoms with Gasteiger partial charge in [0.05, 0.1) is 5.69 Å². The summed E-state index contributed by atoms with van der Waals surface area (Å²) in [6, 6.07) is 1.38. The van der Waals surface area contributed by atoms with Crippen LogP contribution < -0.4 is 5.32 Å². The number of hydrogen-bond donors (Lipinski definition) is 2. The maximum Gasteiger partial charge on any atom is 0.327 e. The van der Waals surface area contributed by atoms with Crippen molar-refractivity contribution in [3.05, 3.63) is 26.9 Å². The largest absolute Gasteiger partial charge is 0.480 e. The summed E-state index contributed by atoms with van der Waals surface area (Å²) < 4.78 is 1.51. The highest BCUT2D eigenvalue weighted by atomic mass is 79.9. The SMILES string of the molecule is O=C(O)C(NC1CC1)c1ncc(Br)cc1Br. The zero-order valence-electron chi connectivity index (χ0n) is 8.28. The van der Waals surface area contributed by atoms with Gasteiger partial charge >= 0.3 is 5.97 Å². The van der Waals surface area contributed by atoms with Gasteiger partial charge in [-0.2, -0.15) is 0 Å². The van der Waals surface area contributed by atoms with E-state index in [1.165, 1.54) is 0 Å². The van der Waals surface area contributed by atoms with E-state index in [1.54, 1.807) is 12.3 Å². The number of nitrogens with one attached hydrogen (secondary N) is 1. The number of aliphatic carboxylic acids is 1. The molecule has 2 rings (SSSR count). The van der Waals surface area contributed by atoms with Crippen LogP contribution in [0.3, 0.4) is 0 Å². The van der Waals surface area contributed by atoms with E-state index in [2.05, 4.69) is 42.2 Å². The van der Waals surface area contributed by atoms with Gasteiger partial charge in [-0.25, -0.2) is 0 Å². The minimum absolute atomic E-state index is 0.318. The quantitative estimate of drug-likeness (QED) is 0.876. The lowest BCUT2D eigenvalue weighted by Crippen LogP contribution is -2.31. The molecule has 6 heteroatoms. The Morgan fingerprint density at radius 2 is 2.25 bits per heavy atom.